The maximum absolute atomic E-state index is 11.7. The normalized spacial score (nSPS) is 17.4. The summed E-state index contributed by atoms with van der Waals surface area (Å²) in [5.74, 6) is 1.93. The number of nitrogens with one attached hydrogen (secondary N) is 1. The molecule has 9 aromatic rings. The van der Waals surface area contributed by atoms with Gasteiger partial charge in [-0.3, -0.25) is 0 Å². The fourth-order valence-electron chi connectivity index (χ4n) is 12.9. The van der Waals surface area contributed by atoms with E-state index in [-0.39, 0.29) is 27.1 Å². The smallest absolute Gasteiger partial charge is 0.159 e. The fraction of sp³-hybridized carbons (Fsp3) is 0.338. The van der Waals surface area contributed by atoms with Gasteiger partial charge >= 0.3 is 0 Å². The van der Waals surface area contributed by atoms with E-state index < -0.39 is 6.17 Å². The van der Waals surface area contributed by atoms with Crippen LogP contribution in [0, 0.1) is 22.7 Å². The number of amidine groups is 2. The molecule has 12 rings (SSSR count). The van der Waals surface area contributed by atoms with Crippen LogP contribution in [-0.2, 0) is 34.5 Å². The van der Waals surface area contributed by atoms with E-state index in [4.69, 9.17) is 9.98 Å². The van der Waals surface area contributed by atoms with Gasteiger partial charge in [-0.1, -0.05) is 182 Å². The molecule has 2 unspecified atom stereocenters. The molecule has 0 spiro atoms. The molecule has 0 amide bonds. The first-order valence-corrected chi connectivity index (χ1v) is 28.0. The molecule has 2 aromatic heterocycles. The highest BCUT2D eigenvalue weighted by Crippen LogP contribution is 2.50. The molecule has 3 aliphatic rings. The Hall–Kier alpha value is -7.49. The topological polar surface area (TPSA) is 70.4 Å². The Kier molecular flexibility index (Phi) is 11.5. The van der Waals surface area contributed by atoms with Crippen molar-refractivity contribution >= 4 is 44.4 Å². The zero-order chi connectivity index (χ0) is 54.3. The Balaban J connectivity index is 1.15. The second-order valence-corrected chi connectivity index (χ2v) is 27.1. The summed E-state index contributed by atoms with van der Waals surface area (Å²) in [7, 11) is 0. The molecule has 1 N–H and O–H groups in total. The molecule has 0 fully saturated rings. The van der Waals surface area contributed by atoms with Crippen LogP contribution in [0.3, 0.4) is 0 Å². The quantitative estimate of drug-likeness (QED) is 0.187. The van der Waals surface area contributed by atoms with Gasteiger partial charge in [-0.15, -0.1) is 0 Å². The summed E-state index contributed by atoms with van der Waals surface area (Å²) in [6, 6.07) is 54.3. The van der Waals surface area contributed by atoms with E-state index in [1.165, 1.54) is 71.9 Å². The van der Waals surface area contributed by atoms with Crippen LogP contribution >= 0.6 is 0 Å². The molecule has 388 valence electrons. The summed E-state index contributed by atoms with van der Waals surface area (Å²) in [5.41, 5.74) is 20.2. The molecule has 3 heterocycles. The van der Waals surface area contributed by atoms with E-state index in [9.17, 15) is 5.26 Å². The molecule has 0 radical (unpaired) electrons. The van der Waals surface area contributed by atoms with E-state index in [1.807, 2.05) is 6.07 Å². The summed E-state index contributed by atoms with van der Waals surface area (Å²) in [4.78, 5) is 11.0. The summed E-state index contributed by atoms with van der Waals surface area (Å²) in [6.07, 6.45) is 2.41. The highest BCUT2D eigenvalue weighted by molar-refractivity contribution is 6.14. The Morgan fingerprint density at radius 1 is 0.571 bits per heavy atom. The number of benzene rings is 7. The maximum Gasteiger partial charge on any atom is 0.159 e. The maximum atomic E-state index is 11.7. The Bertz CT molecular complexity index is 3930. The monoisotopic (exact) mass is 1010 g/mol. The lowest BCUT2D eigenvalue weighted by Crippen LogP contribution is -2.34. The summed E-state index contributed by atoms with van der Waals surface area (Å²) < 4.78 is 4.93. The Morgan fingerprint density at radius 2 is 1.14 bits per heavy atom. The molecule has 7 aromatic carbocycles. The standard InChI is InChI=1S/C71H74N6/c1-67(2,3)45-25-30-58-51(36-45)52-37-46(68(4,5)6)26-31-59(52)76(58)62-40-63(77-60-32-27-47(69(7,8)9)38-53(60)54-39-48(70(10,11)12)28-33-61(54)77)55(34-44(62)41-72)66-74-64(42-20-16-15-17-21-42)73-65(75-66)43-24-29-50-49-22-18-19-23-56(49)71(13,14)57(50)35-43/h15-27,29-32,34-38,40,48,66H,28,33,39H2,1-14H3,(H,73,74,75). The lowest BCUT2D eigenvalue weighted by atomic mass is 9.71. The number of aromatic nitrogens is 2. The Labute approximate surface area is 456 Å². The average molecular weight is 1010 g/mol. The van der Waals surface area contributed by atoms with Gasteiger partial charge in [0, 0.05) is 44.0 Å². The van der Waals surface area contributed by atoms with Crippen molar-refractivity contribution in [3.05, 3.63) is 201 Å². The summed E-state index contributed by atoms with van der Waals surface area (Å²) in [5, 5.41) is 19.3. The van der Waals surface area contributed by atoms with Crippen LogP contribution < -0.4 is 5.32 Å². The van der Waals surface area contributed by atoms with Crippen LogP contribution in [0.25, 0.3) is 55.2 Å². The molecule has 1 aliphatic heterocycles. The van der Waals surface area contributed by atoms with Crippen molar-refractivity contribution in [3.8, 4) is 28.6 Å². The second kappa shape index (κ2) is 17.5. The van der Waals surface area contributed by atoms with Gasteiger partial charge in [0.25, 0.3) is 0 Å². The van der Waals surface area contributed by atoms with Crippen LogP contribution in [-0.4, -0.2) is 20.8 Å². The third kappa shape index (κ3) is 8.35. The molecular formula is C71H74N6. The summed E-state index contributed by atoms with van der Waals surface area (Å²) >= 11 is 0. The van der Waals surface area contributed by atoms with Crippen molar-refractivity contribution < 1.29 is 0 Å². The van der Waals surface area contributed by atoms with Crippen LogP contribution in [0.15, 0.2) is 150 Å². The first kappa shape index (κ1) is 50.3. The zero-order valence-electron chi connectivity index (χ0n) is 47.8. The average Bonchev–Trinajstić information content (AvgIpc) is 4.03. The minimum absolute atomic E-state index is 0.0375. The van der Waals surface area contributed by atoms with E-state index in [2.05, 4.69) is 251 Å². The zero-order valence-corrected chi connectivity index (χ0v) is 47.8. The van der Waals surface area contributed by atoms with Gasteiger partial charge < -0.3 is 14.5 Å². The highest BCUT2D eigenvalue weighted by Gasteiger charge is 2.38. The minimum atomic E-state index is -0.609. The first-order chi connectivity index (χ1) is 36.4. The number of fused-ring (bicyclic) bond motifs is 9. The third-order valence-corrected chi connectivity index (χ3v) is 17.6. The van der Waals surface area contributed by atoms with Crippen molar-refractivity contribution in [2.45, 2.75) is 144 Å². The largest absolute Gasteiger partial charge is 0.344 e. The van der Waals surface area contributed by atoms with Gasteiger partial charge in [0.15, 0.2) is 5.84 Å². The predicted molar refractivity (Wildman–Crippen MR) is 323 cm³/mol. The van der Waals surface area contributed by atoms with Crippen LogP contribution in [0.1, 0.15) is 171 Å². The van der Waals surface area contributed by atoms with Gasteiger partial charge in [-0.2, -0.15) is 5.26 Å². The molecule has 6 nitrogen and oxygen atoms in total. The molecule has 0 saturated heterocycles. The SMILES string of the molecule is CC(C)(C)c1ccc2c(c1)c1c(n2-c2cc(-n3c4ccc(C(C)(C)C)cc4c4cc(C(C)(C)C)ccc43)c(C#N)cc2C2N=C(c3ccccc3)N=C(c3ccc4c(c3)C(C)(C)c3ccccc3-4)N2)CCC(C(C)(C)C)C1. The molecule has 6 heteroatoms. The van der Waals surface area contributed by atoms with Gasteiger partial charge in [-0.25, -0.2) is 9.98 Å². The molecular weight excluding hydrogens is 937 g/mol. The molecule has 77 heavy (non-hydrogen) atoms. The molecule has 0 bridgehead atoms. The predicted octanol–water partition coefficient (Wildman–Crippen LogP) is 17.4. The molecule has 2 atom stereocenters. The van der Waals surface area contributed by atoms with Crippen molar-refractivity contribution in [2.24, 2.45) is 21.3 Å². The lowest BCUT2D eigenvalue weighted by Gasteiger charge is -2.35. The van der Waals surface area contributed by atoms with E-state index >= 15 is 0 Å². The van der Waals surface area contributed by atoms with Crippen molar-refractivity contribution in [3.63, 3.8) is 0 Å². The third-order valence-electron chi connectivity index (χ3n) is 17.6. The number of rotatable bonds is 5. The fourth-order valence-corrected chi connectivity index (χ4v) is 12.9. The van der Waals surface area contributed by atoms with Crippen molar-refractivity contribution in [2.75, 3.05) is 0 Å². The van der Waals surface area contributed by atoms with E-state index in [0.717, 1.165) is 64.2 Å². The number of nitrogens with zero attached hydrogens (tertiary/aromatic N) is 5. The lowest BCUT2D eigenvalue weighted by molar-refractivity contribution is 0.215. The van der Waals surface area contributed by atoms with Crippen LogP contribution in [0.4, 0.5) is 0 Å². The number of aliphatic imine (C=N–C) groups is 2. The number of nitriles is 1. The van der Waals surface area contributed by atoms with Gasteiger partial charge in [0.2, 0.25) is 0 Å². The second-order valence-electron chi connectivity index (χ2n) is 27.1. The van der Waals surface area contributed by atoms with E-state index in [1.54, 1.807) is 0 Å². The summed E-state index contributed by atoms with van der Waals surface area (Å²) in [6.45, 7) is 32.5. The minimum Gasteiger partial charge on any atom is -0.344 e. The van der Waals surface area contributed by atoms with Crippen LogP contribution in [0.5, 0.6) is 0 Å². The van der Waals surface area contributed by atoms with Crippen molar-refractivity contribution in [1.29, 1.82) is 5.26 Å². The van der Waals surface area contributed by atoms with Crippen molar-refractivity contribution in [1.82, 2.24) is 14.5 Å². The Morgan fingerprint density at radius 3 is 1.74 bits per heavy atom. The number of hydrogen-bond donors (Lipinski definition) is 1. The van der Waals surface area contributed by atoms with Crippen LogP contribution in [0.2, 0.25) is 0 Å². The number of hydrogen-bond acceptors (Lipinski definition) is 4. The molecule has 0 saturated carbocycles. The first-order valence-electron chi connectivity index (χ1n) is 28.0. The highest BCUT2D eigenvalue weighted by atomic mass is 15.2. The van der Waals surface area contributed by atoms with Gasteiger partial charge in [0.05, 0.1) is 33.5 Å². The van der Waals surface area contributed by atoms with Gasteiger partial charge in [0.1, 0.15) is 18.1 Å². The van der Waals surface area contributed by atoms with E-state index in [0.29, 0.717) is 17.3 Å². The molecule has 2 aliphatic carbocycles. The van der Waals surface area contributed by atoms with Gasteiger partial charge in [-0.05, 0) is 146 Å².